The summed E-state index contributed by atoms with van der Waals surface area (Å²) in [6.07, 6.45) is 5.09. The van der Waals surface area contributed by atoms with Crippen molar-refractivity contribution in [1.29, 1.82) is 0 Å². The molecule has 0 atom stereocenters. The minimum absolute atomic E-state index is 0.582. The predicted octanol–water partition coefficient (Wildman–Crippen LogP) is 3.44. The highest BCUT2D eigenvalue weighted by molar-refractivity contribution is 7.13. The summed E-state index contributed by atoms with van der Waals surface area (Å²) in [5.41, 5.74) is 7.01. The average Bonchev–Trinajstić information content (AvgIpc) is 3.02. The molecule has 1 fully saturated rings. The van der Waals surface area contributed by atoms with Crippen LogP contribution in [0.4, 0.5) is 5.82 Å². The summed E-state index contributed by atoms with van der Waals surface area (Å²) in [4.78, 5) is 10.1. The average molecular weight is 245 g/mol. The first-order valence-electron chi connectivity index (χ1n) is 6.01. The van der Waals surface area contributed by atoms with Gasteiger partial charge in [-0.05, 0) is 24.3 Å². The molecule has 2 aromatic heterocycles. The Bertz CT molecular complexity index is 501. The molecular weight excluding hydrogens is 230 g/mol. The third-order valence-electron chi connectivity index (χ3n) is 3.28. The molecule has 4 heteroatoms. The zero-order valence-electron chi connectivity index (χ0n) is 9.60. The Morgan fingerprint density at radius 2 is 2.06 bits per heavy atom. The van der Waals surface area contributed by atoms with Gasteiger partial charge in [-0.3, -0.25) is 0 Å². The summed E-state index contributed by atoms with van der Waals surface area (Å²) in [7, 11) is 0. The van der Waals surface area contributed by atoms with Crippen LogP contribution in [-0.4, -0.2) is 9.97 Å². The molecule has 0 bridgehead atoms. The third-order valence-corrected chi connectivity index (χ3v) is 4.15. The van der Waals surface area contributed by atoms with Crippen LogP contribution < -0.4 is 5.73 Å². The number of rotatable bonds is 2. The van der Waals surface area contributed by atoms with Crippen LogP contribution in [0.5, 0.6) is 0 Å². The maximum atomic E-state index is 5.89. The summed E-state index contributed by atoms with van der Waals surface area (Å²) in [5.74, 6) is 1.95. The van der Waals surface area contributed by atoms with Gasteiger partial charge in [0.15, 0.2) is 5.82 Å². The van der Waals surface area contributed by atoms with Gasteiger partial charge in [-0.15, -0.1) is 11.3 Å². The van der Waals surface area contributed by atoms with E-state index in [0.29, 0.717) is 11.7 Å². The van der Waals surface area contributed by atoms with Gasteiger partial charge >= 0.3 is 0 Å². The summed E-state index contributed by atoms with van der Waals surface area (Å²) < 4.78 is 0. The summed E-state index contributed by atoms with van der Waals surface area (Å²) >= 11 is 1.66. The zero-order chi connectivity index (χ0) is 11.7. The highest BCUT2D eigenvalue weighted by atomic mass is 32.1. The van der Waals surface area contributed by atoms with Gasteiger partial charge in [-0.2, -0.15) is 0 Å². The van der Waals surface area contributed by atoms with E-state index in [1.54, 1.807) is 11.3 Å². The fraction of sp³-hybridized carbons (Fsp3) is 0.385. The molecule has 0 radical (unpaired) electrons. The summed E-state index contributed by atoms with van der Waals surface area (Å²) in [6, 6.07) is 5.99. The number of anilines is 1. The fourth-order valence-corrected chi connectivity index (χ4v) is 3.09. The largest absolute Gasteiger partial charge is 0.384 e. The fourth-order valence-electron chi connectivity index (χ4n) is 2.43. The van der Waals surface area contributed by atoms with Gasteiger partial charge in [-0.25, -0.2) is 9.97 Å². The number of nitrogens with zero attached hydrogens (tertiary/aromatic N) is 2. The first-order chi connectivity index (χ1) is 8.33. The molecule has 2 heterocycles. The second kappa shape index (κ2) is 4.45. The summed E-state index contributed by atoms with van der Waals surface area (Å²) in [6.45, 7) is 0. The van der Waals surface area contributed by atoms with Crippen LogP contribution in [0.25, 0.3) is 10.7 Å². The van der Waals surface area contributed by atoms with Crippen molar-refractivity contribution in [1.82, 2.24) is 9.97 Å². The van der Waals surface area contributed by atoms with Crippen LogP contribution in [0.3, 0.4) is 0 Å². The van der Waals surface area contributed by atoms with Gasteiger partial charge in [0, 0.05) is 17.7 Å². The number of nitrogens with two attached hydrogens (primary N) is 1. The Labute approximate surface area is 105 Å². The minimum atomic E-state index is 0.582. The molecule has 3 rings (SSSR count). The lowest BCUT2D eigenvalue weighted by molar-refractivity contribution is 0.696. The smallest absolute Gasteiger partial charge is 0.171 e. The van der Waals surface area contributed by atoms with E-state index >= 15 is 0 Å². The molecule has 17 heavy (non-hydrogen) atoms. The number of hydrogen-bond acceptors (Lipinski definition) is 4. The van der Waals surface area contributed by atoms with E-state index in [4.69, 9.17) is 5.73 Å². The number of nitrogen functional groups attached to an aromatic ring is 1. The Morgan fingerprint density at radius 3 is 2.76 bits per heavy atom. The Balaban J connectivity index is 2.00. The molecule has 0 aromatic carbocycles. The van der Waals surface area contributed by atoms with Crippen molar-refractivity contribution in [3.63, 3.8) is 0 Å². The molecule has 2 N–H and O–H groups in total. The molecule has 0 spiro atoms. The molecule has 2 aromatic rings. The van der Waals surface area contributed by atoms with Crippen molar-refractivity contribution in [2.75, 3.05) is 5.73 Å². The van der Waals surface area contributed by atoms with Crippen molar-refractivity contribution in [3.8, 4) is 10.7 Å². The number of hydrogen-bond donors (Lipinski definition) is 1. The number of aromatic nitrogens is 2. The Hall–Kier alpha value is -1.42. The van der Waals surface area contributed by atoms with Gasteiger partial charge in [0.1, 0.15) is 5.82 Å². The van der Waals surface area contributed by atoms with Crippen molar-refractivity contribution in [2.45, 2.75) is 31.6 Å². The van der Waals surface area contributed by atoms with Gasteiger partial charge in [0.05, 0.1) is 4.88 Å². The van der Waals surface area contributed by atoms with Crippen molar-refractivity contribution < 1.29 is 0 Å². The van der Waals surface area contributed by atoms with Crippen LogP contribution in [0.15, 0.2) is 23.6 Å². The van der Waals surface area contributed by atoms with Crippen molar-refractivity contribution in [2.24, 2.45) is 0 Å². The molecule has 88 valence electrons. The third kappa shape index (κ3) is 2.17. The molecular formula is C13H15N3S. The molecule has 1 saturated carbocycles. The van der Waals surface area contributed by atoms with Crippen molar-refractivity contribution in [3.05, 3.63) is 29.3 Å². The van der Waals surface area contributed by atoms with Crippen LogP contribution >= 0.6 is 11.3 Å². The monoisotopic (exact) mass is 245 g/mol. The molecule has 1 aliphatic carbocycles. The van der Waals surface area contributed by atoms with E-state index in [0.717, 1.165) is 16.4 Å². The highest BCUT2D eigenvalue weighted by Crippen LogP contribution is 2.34. The first kappa shape index (κ1) is 10.7. The van der Waals surface area contributed by atoms with E-state index in [2.05, 4.69) is 9.97 Å². The SMILES string of the molecule is Nc1cc(C2CCCC2)nc(-c2cccs2)n1. The number of thiophene rings is 1. The van der Waals surface area contributed by atoms with E-state index < -0.39 is 0 Å². The highest BCUT2D eigenvalue weighted by Gasteiger charge is 2.20. The topological polar surface area (TPSA) is 51.8 Å². The van der Waals surface area contributed by atoms with Crippen LogP contribution in [0.2, 0.25) is 0 Å². The molecule has 3 nitrogen and oxygen atoms in total. The lowest BCUT2D eigenvalue weighted by atomic mass is 10.0. The van der Waals surface area contributed by atoms with E-state index in [-0.39, 0.29) is 0 Å². The van der Waals surface area contributed by atoms with Crippen LogP contribution in [0.1, 0.15) is 37.3 Å². The quantitative estimate of drug-likeness (QED) is 0.881. The lowest BCUT2D eigenvalue weighted by Gasteiger charge is -2.10. The van der Waals surface area contributed by atoms with E-state index in [1.807, 2.05) is 23.6 Å². The Kier molecular flexibility index (Phi) is 2.81. The van der Waals surface area contributed by atoms with Crippen LogP contribution in [-0.2, 0) is 0 Å². The molecule has 1 aliphatic rings. The van der Waals surface area contributed by atoms with Crippen LogP contribution in [0, 0.1) is 0 Å². The molecule has 0 saturated heterocycles. The molecule has 0 aliphatic heterocycles. The van der Waals surface area contributed by atoms with E-state index in [9.17, 15) is 0 Å². The van der Waals surface area contributed by atoms with Gasteiger partial charge in [0.25, 0.3) is 0 Å². The predicted molar refractivity (Wildman–Crippen MR) is 71.0 cm³/mol. The van der Waals surface area contributed by atoms with Gasteiger partial charge in [0.2, 0.25) is 0 Å². The Morgan fingerprint density at radius 1 is 1.24 bits per heavy atom. The standard InChI is InChI=1S/C13H15N3S/c14-12-8-10(9-4-1-2-5-9)15-13(16-12)11-6-3-7-17-11/h3,6-9H,1-2,4-5H2,(H2,14,15,16). The molecule has 0 amide bonds. The van der Waals surface area contributed by atoms with Gasteiger partial charge < -0.3 is 5.73 Å². The second-order valence-electron chi connectivity index (χ2n) is 4.50. The lowest BCUT2D eigenvalue weighted by Crippen LogP contribution is -2.02. The van der Waals surface area contributed by atoms with Gasteiger partial charge in [-0.1, -0.05) is 18.9 Å². The zero-order valence-corrected chi connectivity index (χ0v) is 10.4. The first-order valence-corrected chi connectivity index (χ1v) is 6.89. The van der Waals surface area contributed by atoms with Crippen molar-refractivity contribution >= 4 is 17.2 Å². The maximum Gasteiger partial charge on any atom is 0.171 e. The molecule has 0 unspecified atom stereocenters. The normalized spacial score (nSPS) is 16.5. The maximum absolute atomic E-state index is 5.89. The second-order valence-corrected chi connectivity index (χ2v) is 5.45. The minimum Gasteiger partial charge on any atom is -0.384 e. The summed E-state index contributed by atoms with van der Waals surface area (Å²) in [5, 5.41) is 2.04. The van der Waals surface area contributed by atoms with E-state index in [1.165, 1.54) is 25.7 Å².